The van der Waals surface area contributed by atoms with Crippen molar-refractivity contribution in [2.24, 2.45) is 0 Å². The molecule has 0 spiro atoms. The van der Waals surface area contributed by atoms with E-state index < -0.39 is 18.3 Å². The minimum atomic E-state index is -1.05. The minimum absolute atomic E-state index is 0.0801. The van der Waals surface area contributed by atoms with E-state index in [1.165, 1.54) is 5.56 Å². The first-order valence-electron chi connectivity index (χ1n) is 7.03. The van der Waals surface area contributed by atoms with Crippen molar-refractivity contribution in [2.75, 3.05) is 0 Å². The van der Waals surface area contributed by atoms with Crippen molar-refractivity contribution in [3.63, 3.8) is 0 Å². The zero-order chi connectivity index (χ0) is 15.8. The van der Waals surface area contributed by atoms with Crippen LogP contribution in [0.1, 0.15) is 54.0 Å². The summed E-state index contributed by atoms with van der Waals surface area (Å²) in [6.45, 7) is 13.3. The highest BCUT2D eigenvalue weighted by molar-refractivity contribution is 6.60. The van der Waals surface area contributed by atoms with E-state index in [-0.39, 0.29) is 5.41 Å². The van der Waals surface area contributed by atoms with Crippen molar-refractivity contribution in [1.29, 1.82) is 0 Å². The number of hydrogen-bond donors (Lipinski definition) is 2. The van der Waals surface area contributed by atoms with E-state index in [1.54, 1.807) is 27.7 Å². The van der Waals surface area contributed by atoms with E-state index in [0.717, 1.165) is 0 Å². The van der Waals surface area contributed by atoms with Gasteiger partial charge < -0.3 is 14.8 Å². The van der Waals surface area contributed by atoms with Crippen LogP contribution >= 0.6 is 0 Å². The fraction of sp³-hybridized carbons (Fsp3) is 0.625. The molecule has 0 aromatic heterocycles. The fourth-order valence-electron chi connectivity index (χ4n) is 1.64. The van der Waals surface area contributed by atoms with E-state index in [9.17, 15) is 10.1 Å². The van der Waals surface area contributed by atoms with Gasteiger partial charge in [-0.1, -0.05) is 45.0 Å². The molecular formula is C16H27BO3. The van der Waals surface area contributed by atoms with Crippen LogP contribution in [0.2, 0.25) is 0 Å². The smallest absolute Gasteiger partial charge is 0.423 e. The molecule has 0 aliphatic heterocycles. The Morgan fingerprint density at radius 2 is 1.35 bits per heavy atom. The van der Waals surface area contributed by atoms with Gasteiger partial charge >= 0.3 is 7.12 Å². The van der Waals surface area contributed by atoms with Gasteiger partial charge in [-0.25, -0.2) is 0 Å². The molecule has 0 saturated heterocycles. The highest BCUT2D eigenvalue weighted by Crippen LogP contribution is 2.25. The summed E-state index contributed by atoms with van der Waals surface area (Å²) in [6, 6.07) is 7.73. The molecule has 1 aromatic rings. The lowest BCUT2D eigenvalue weighted by atomic mass is 9.75. The molecule has 0 unspecified atom stereocenters. The molecule has 0 fully saturated rings. The summed E-state index contributed by atoms with van der Waals surface area (Å²) >= 11 is 0. The highest BCUT2D eigenvalue weighted by Gasteiger charge is 2.39. The molecule has 0 heterocycles. The Morgan fingerprint density at radius 1 is 0.900 bits per heavy atom. The first-order chi connectivity index (χ1) is 8.84. The third-order valence-corrected chi connectivity index (χ3v) is 3.94. The molecule has 4 heteroatoms. The molecule has 0 radical (unpaired) electrons. The molecule has 0 aliphatic rings. The molecule has 3 nitrogen and oxygen atoms in total. The first-order valence-corrected chi connectivity index (χ1v) is 7.03. The molecule has 20 heavy (non-hydrogen) atoms. The van der Waals surface area contributed by atoms with Crippen LogP contribution in [0.15, 0.2) is 24.3 Å². The summed E-state index contributed by atoms with van der Waals surface area (Å²) in [4.78, 5) is 0. The normalized spacial score (nSPS) is 13.4. The minimum Gasteiger partial charge on any atom is -0.423 e. The predicted octanol–water partition coefficient (Wildman–Crippen LogP) is 2.24. The molecule has 0 saturated carbocycles. The summed E-state index contributed by atoms with van der Waals surface area (Å²) in [7, 11) is -1.05. The second-order valence-electron chi connectivity index (χ2n) is 7.41. The Hall–Kier alpha value is -0.835. The molecule has 2 N–H and O–H groups in total. The van der Waals surface area contributed by atoms with Crippen LogP contribution in [0, 0.1) is 0 Å². The predicted molar refractivity (Wildman–Crippen MR) is 84.2 cm³/mol. The van der Waals surface area contributed by atoms with E-state index in [4.69, 9.17) is 4.65 Å². The average Bonchev–Trinajstić information content (AvgIpc) is 2.26. The van der Waals surface area contributed by atoms with Gasteiger partial charge in [-0.3, -0.25) is 0 Å². The van der Waals surface area contributed by atoms with Gasteiger partial charge in [0.05, 0.1) is 11.2 Å². The summed E-state index contributed by atoms with van der Waals surface area (Å²) < 4.78 is 5.62. The third kappa shape index (κ3) is 4.08. The maximum absolute atomic E-state index is 10.2. The van der Waals surface area contributed by atoms with E-state index in [0.29, 0.717) is 5.46 Å². The Morgan fingerprint density at radius 3 is 1.70 bits per heavy atom. The highest BCUT2D eigenvalue weighted by atomic mass is 16.5. The van der Waals surface area contributed by atoms with E-state index in [1.807, 2.05) is 24.3 Å². The number of aliphatic hydroxyl groups is 1. The molecule has 0 amide bonds. The molecule has 0 aliphatic carbocycles. The van der Waals surface area contributed by atoms with Crippen molar-refractivity contribution in [3.8, 4) is 0 Å². The summed E-state index contributed by atoms with van der Waals surface area (Å²) in [5.41, 5.74) is 0.0797. The van der Waals surface area contributed by atoms with Gasteiger partial charge in [0.15, 0.2) is 0 Å². The SMILES string of the molecule is CC(C)(C)c1ccc(B(O)OC(C)(C)C(C)(C)O)cc1. The molecule has 0 atom stereocenters. The number of benzene rings is 1. The van der Waals surface area contributed by atoms with Crippen LogP contribution in [0.4, 0.5) is 0 Å². The summed E-state index contributed by atoms with van der Waals surface area (Å²) in [6.07, 6.45) is 0. The Balaban J connectivity index is 2.87. The molecule has 1 rings (SSSR count). The Kier molecular flexibility index (Phi) is 4.74. The molecule has 112 valence electrons. The van der Waals surface area contributed by atoms with Gasteiger partial charge in [0.1, 0.15) is 0 Å². The zero-order valence-corrected chi connectivity index (χ0v) is 13.7. The van der Waals surface area contributed by atoms with Crippen LogP contribution in [0.3, 0.4) is 0 Å². The fourth-order valence-corrected chi connectivity index (χ4v) is 1.64. The van der Waals surface area contributed by atoms with Gasteiger partial charge in [-0.2, -0.15) is 0 Å². The van der Waals surface area contributed by atoms with E-state index >= 15 is 0 Å². The number of rotatable bonds is 4. The largest absolute Gasteiger partial charge is 0.491 e. The average molecular weight is 278 g/mol. The third-order valence-electron chi connectivity index (χ3n) is 3.94. The summed E-state index contributed by atoms with van der Waals surface area (Å²) in [5.74, 6) is 0. The van der Waals surface area contributed by atoms with Gasteiger partial charge in [-0.15, -0.1) is 0 Å². The lowest BCUT2D eigenvalue weighted by Gasteiger charge is -2.38. The molecular weight excluding hydrogens is 251 g/mol. The second kappa shape index (κ2) is 5.51. The first kappa shape index (κ1) is 17.2. The van der Waals surface area contributed by atoms with Crippen molar-refractivity contribution >= 4 is 12.6 Å². The van der Waals surface area contributed by atoms with Crippen LogP contribution in [-0.2, 0) is 10.1 Å². The van der Waals surface area contributed by atoms with Crippen LogP contribution in [0.5, 0.6) is 0 Å². The Labute approximate surface area is 123 Å². The second-order valence-corrected chi connectivity index (χ2v) is 7.41. The Bertz CT molecular complexity index is 438. The maximum atomic E-state index is 10.2. The lowest BCUT2D eigenvalue weighted by Crippen LogP contribution is -2.53. The van der Waals surface area contributed by atoms with Gasteiger partial charge in [0, 0.05) is 0 Å². The zero-order valence-electron chi connectivity index (χ0n) is 13.7. The standard InChI is InChI=1S/C16H27BO3/c1-14(2,3)12-8-10-13(11-9-12)17(19)20-16(6,7)15(4,5)18/h8-11,18-19H,1-7H3. The maximum Gasteiger partial charge on any atom is 0.491 e. The van der Waals surface area contributed by atoms with Crippen LogP contribution in [0.25, 0.3) is 0 Å². The van der Waals surface area contributed by atoms with Crippen molar-refractivity contribution in [1.82, 2.24) is 0 Å². The van der Waals surface area contributed by atoms with Gasteiger partial charge in [-0.05, 0) is 44.1 Å². The van der Waals surface area contributed by atoms with Crippen LogP contribution < -0.4 is 5.46 Å². The van der Waals surface area contributed by atoms with Crippen molar-refractivity contribution in [2.45, 2.75) is 65.1 Å². The molecule has 1 aromatic carbocycles. The quantitative estimate of drug-likeness (QED) is 0.830. The van der Waals surface area contributed by atoms with E-state index in [2.05, 4.69) is 20.8 Å². The monoisotopic (exact) mass is 278 g/mol. The number of hydrogen-bond acceptors (Lipinski definition) is 3. The lowest BCUT2D eigenvalue weighted by molar-refractivity contribution is -0.0982. The van der Waals surface area contributed by atoms with Crippen LogP contribution in [-0.4, -0.2) is 28.5 Å². The molecule has 0 bridgehead atoms. The van der Waals surface area contributed by atoms with Gasteiger partial charge in [0.2, 0.25) is 0 Å². The van der Waals surface area contributed by atoms with Crippen molar-refractivity contribution < 1.29 is 14.8 Å². The topological polar surface area (TPSA) is 49.7 Å². The van der Waals surface area contributed by atoms with Gasteiger partial charge in [0.25, 0.3) is 0 Å². The summed E-state index contributed by atoms with van der Waals surface area (Å²) in [5, 5.41) is 20.2. The van der Waals surface area contributed by atoms with Crippen molar-refractivity contribution in [3.05, 3.63) is 29.8 Å².